The number of sulfonamides is 1. The molecule has 1 saturated heterocycles. The maximum atomic E-state index is 13.2. The summed E-state index contributed by atoms with van der Waals surface area (Å²) in [5.74, 6) is -0.398. The summed E-state index contributed by atoms with van der Waals surface area (Å²) < 4.78 is 46.0. The lowest BCUT2D eigenvalue weighted by Gasteiger charge is -2.36. The van der Waals surface area contributed by atoms with Crippen LogP contribution in [0.15, 0.2) is 58.9 Å². The van der Waals surface area contributed by atoms with Gasteiger partial charge in [-0.3, -0.25) is 9.52 Å². The smallest absolute Gasteiger partial charge is 0.263 e. The molecule has 33 heavy (non-hydrogen) atoms. The van der Waals surface area contributed by atoms with E-state index >= 15 is 0 Å². The van der Waals surface area contributed by atoms with Crippen molar-refractivity contribution in [1.29, 1.82) is 0 Å². The van der Waals surface area contributed by atoms with E-state index in [2.05, 4.69) is 14.6 Å². The number of hydrogen-bond acceptors (Lipinski definition) is 7. The second-order valence-corrected chi connectivity index (χ2v) is 10.2. The first kappa shape index (κ1) is 23.3. The number of halogens is 2. The highest BCUT2D eigenvalue weighted by atomic mass is 35.5. The number of nitrogens with one attached hydrogen (secondary N) is 1. The SMILES string of the molecule is O=C(COc1ccc(F)c(Cl)c1)N1CCN(c2ccc(S(=O)(=O)Nc3nccs3)cc2)CC1. The fourth-order valence-corrected chi connectivity index (χ4v) is 5.26. The largest absolute Gasteiger partial charge is 0.484 e. The number of carbonyl (C=O) groups excluding carboxylic acids is 1. The maximum absolute atomic E-state index is 13.2. The summed E-state index contributed by atoms with van der Waals surface area (Å²) in [7, 11) is -3.70. The maximum Gasteiger partial charge on any atom is 0.263 e. The van der Waals surface area contributed by atoms with Crippen molar-refractivity contribution in [2.75, 3.05) is 42.4 Å². The van der Waals surface area contributed by atoms with Gasteiger partial charge >= 0.3 is 0 Å². The van der Waals surface area contributed by atoms with Crippen LogP contribution in [-0.4, -0.2) is 57.0 Å². The number of amides is 1. The van der Waals surface area contributed by atoms with Crippen molar-refractivity contribution in [3.63, 3.8) is 0 Å². The molecule has 2 heterocycles. The molecule has 1 amide bonds. The van der Waals surface area contributed by atoms with Crippen LogP contribution in [0.5, 0.6) is 5.75 Å². The van der Waals surface area contributed by atoms with Crippen molar-refractivity contribution in [2.45, 2.75) is 4.90 Å². The van der Waals surface area contributed by atoms with Gasteiger partial charge in [-0.05, 0) is 36.4 Å². The minimum atomic E-state index is -3.70. The Morgan fingerprint density at radius 3 is 2.52 bits per heavy atom. The van der Waals surface area contributed by atoms with Crippen molar-refractivity contribution in [3.05, 3.63) is 64.9 Å². The van der Waals surface area contributed by atoms with E-state index in [1.165, 1.54) is 35.7 Å². The topological polar surface area (TPSA) is 91.8 Å². The second-order valence-electron chi connectivity index (χ2n) is 7.17. The normalized spacial score (nSPS) is 14.2. The van der Waals surface area contributed by atoms with Gasteiger partial charge in [0.2, 0.25) is 0 Å². The zero-order valence-electron chi connectivity index (χ0n) is 17.3. The molecule has 1 aromatic heterocycles. The Labute approximate surface area is 199 Å². The lowest BCUT2D eigenvalue weighted by molar-refractivity contribution is -0.133. The Bertz CT molecular complexity index is 1220. The number of aromatic nitrogens is 1. The van der Waals surface area contributed by atoms with Gasteiger partial charge in [0.1, 0.15) is 11.6 Å². The van der Waals surface area contributed by atoms with E-state index < -0.39 is 15.8 Å². The summed E-state index contributed by atoms with van der Waals surface area (Å²) in [4.78, 5) is 20.3. The summed E-state index contributed by atoms with van der Waals surface area (Å²) in [6, 6.07) is 10.5. The second kappa shape index (κ2) is 9.94. The molecule has 1 aliphatic heterocycles. The van der Waals surface area contributed by atoms with Crippen LogP contribution < -0.4 is 14.4 Å². The zero-order valence-corrected chi connectivity index (χ0v) is 19.7. The first-order chi connectivity index (χ1) is 15.8. The summed E-state index contributed by atoms with van der Waals surface area (Å²) in [6.07, 6.45) is 1.53. The van der Waals surface area contributed by atoms with Crippen LogP contribution in [0.4, 0.5) is 15.2 Å². The first-order valence-electron chi connectivity index (χ1n) is 9.95. The molecule has 0 radical (unpaired) electrons. The van der Waals surface area contributed by atoms with Crippen LogP contribution in [0.25, 0.3) is 0 Å². The Kier molecular flexibility index (Phi) is 7.01. The molecule has 1 fully saturated rings. The Hall–Kier alpha value is -2.89. The van der Waals surface area contributed by atoms with Gasteiger partial charge in [0, 0.05) is 49.5 Å². The lowest BCUT2D eigenvalue weighted by atomic mass is 10.2. The monoisotopic (exact) mass is 510 g/mol. The number of carbonyl (C=O) groups is 1. The fraction of sp³-hybridized carbons (Fsp3) is 0.238. The standard InChI is InChI=1S/C21H20ClFN4O4S2/c22-18-13-16(3-6-19(18)23)31-14-20(28)27-10-8-26(9-11-27)15-1-4-17(5-2-15)33(29,30)25-21-24-7-12-32-21/h1-7,12-13H,8-11,14H2,(H,24,25). The van der Waals surface area contributed by atoms with Crippen molar-refractivity contribution < 1.29 is 22.3 Å². The van der Waals surface area contributed by atoms with E-state index in [0.717, 1.165) is 5.69 Å². The van der Waals surface area contributed by atoms with E-state index in [9.17, 15) is 17.6 Å². The molecule has 1 aliphatic rings. The van der Waals surface area contributed by atoms with Crippen LogP contribution in [-0.2, 0) is 14.8 Å². The van der Waals surface area contributed by atoms with E-state index in [1.807, 2.05) is 0 Å². The molecule has 3 aromatic rings. The molecule has 1 N–H and O–H groups in total. The van der Waals surface area contributed by atoms with Gasteiger partial charge in [-0.2, -0.15) is 0 Å². The molecular weight excluding hydrogens is 491 g/mol. The average Bonchev–Trinajstić information content (AvgIpc) is 3.32. The summed E-state index contributed by atoms with van der Waals surface area (Å²) in [6.45, 7) is 2.02. The van der Waals surface area contributed by atoms with E-state index in [-0.39, 0.29) is 22.4 Å². The molecule has 2 aromatic carbocycles. The summed E-state index contributed by atoms with van der Waals surface area (Å²) in [5, 5.41) is 1.94. The predicted octanol–water partition coefficient (Wildman–Crippen LogP) is 3.46. The van der Waals surface area contributed by atoms with Crippen LogP contribution in [0.3, 0.4) is 0 Å². The summed E-state index contributed by atoms with van der Waals surface area (Å²) >= 11 is 6.93. The molecule has 0 aliphatic carbocycles. The minimum Gasteiger partial charge on any atom is -0.484 e. The molecule has 0 unspecified atom stereocenters. The number of piperazine rings is 1. The van der Waals surface area contributed by atoms with E-state index in [4.69, 9.17) is 16.3 Å². The van der Waals surface area contributed by atoms with Crippen molar-refractivity contribution in [1.82, 2.24) is 9.88 Å². The molecule has 12 heteroatoms. The van der Waals surface area contributed by atoms with Crippen molar-refractivity contribution in [2.24, 2.45) is 0 Å². The zero-order chi connectivity index (χ0) is 23.4. The number of rotatable bonds is 7. The highest BCUT2D eigenvalue weighted by Crippen LogP contribution is 2.23. The molecule has 8 nitrogen and oxygen atoms in total. The first-order valence-corrected chi connectivity index (χ1v) is 12.7. The molecule has 0 saturated carbocycles. The van der Waals surface area contributed by atoms with Gasteiger partial charge in [0.05, 0.1) is 9.92 Å². The van der Waals surface area contributed by atoms with Gasteiger partial charge < -0.3 is 14.5 Å². The van der Waals surface area contributed by atoms with Gasteiger partial charge in [-0.25, -0.2) is 17.8 Å². The van der Waals surface area contributed by atoms with Crippen LogP contribution in [0, 0.1) is 5.82 Å². The average molecular weight is 511 g/mol. The van der Waals surface area contributed by atoms with Crippen molar-refractivity contribution in [3.8, 4) is 5.75 Å². The van der Waals surface area contributed by atoms with Gasteiger partial charge in [-0.15, -0.1) is 11.3 Å². The Balaban J connectivity index is 1.29. The Morgan fingerprint density at radius 2 is 1.88 bits per heavy atom. The molecule has 0 bridgehead atoms. The van der Waals surface area contributed by atoms with Gasteiger partial charge in [-0.1, -0.05) is 11.6 Å². The third-order valence-electron chi connectivity index (χ3n) is 5.05. The highest BCUT2D eigenvalue weighted by molar-refractivity contribution is 7.93. The number of hydrogen-bond donors (Lipinski definition) is 1. The number of nitrogens with zero attached hydrogens (tertiary/aromatic N) is 3. The van der Waals surface area contributed by atoms with Crippen LogP contribution in [0.1, 0.15) is 0 Å². The van der Waals surface area contributed by atoms with Crippen LogP contribution >= 0.6 is 22.9 Å². The number of benzene rings is 2. The molecular formula is C21H20ClFN4O4S2. The third kappa shape index (κ3) is 5.73. The lowest BCUT2D eigenvalue weighted by Crippen LogP contribution is -2.50. The Morgan fingerprint density at radius 1 is 1.15 bits per heavy atom. The highest BCUT2D eigenvalue weighted by Gasteiger charge is 2.22. The number of ether oxygens (including phenoxy) is 1. The molecule has 0 atom stereocenters. The van der Waals surface area contributed by atoms with E-state index in [1.54, 1.807) is 34.5 Å². The van der Waals surface area contributed by atoms with E-state index in [0.29, 0.717) is 37.1 Å². The van der Waals surface area contributed by atoms with Gasteiger partial charge in [0.15, 0.2) is 11.7 Å². The molecule has 0 spiro atoms. The molecule has 4 rings (SSSR count). The van der Waals surface area contributed by atoms with Crippen molar-refractivity contribution >= 4 is 49.7 Å². The fourth-order valence-electron chi connectivity index (χ4n) is 3.30. The molecule has 174 valence electrons. The quantitative estimate of drug-likeness (QED) is 0.523. The summed E-state index contributed by atoms with van der Waals surface area (Å²) in [5.41, 5.74) is 0.868. The van der Waals surface area contributed by atoms with Gasteiger partial charge in [0.25, 0.3) is 15.9 Å². The predicted molar refractivity (Wildman–Crippen MR) is 125 cm³/mol. The minimum absolute atomic E-state index is 0.0636. The third-order valence-corrected chi connectivity index (χ3v) is 7.51. The van der Waals surface area contributed by atoms with Crippen LogP contribution in [0.2, 0.25) is 5.02 Å². The number of thiazole rings is 1. The number of anilines is 2.